The Morgan fingerprint density at radius 2 is 2.11 bits per heavy atom. The molecule has 2 aromatic rings. The van der Waals surface area contributed by atoms with Gasteiger partial charge in [-0.2, -0.15) is 0 Å². The average Bonchev–Trinajstić information content (AvgIpc) is 2.75. The number of imidazole rings is 1. The van der Waals surface area contributed by atoms with Crippen LogP contribution in [0.15, 0.2) is 30.6 Å². The standard InChI is InChI=1S/C13H17BN2O3/c1-10-9-12(3-4-13(10)14(17)18)19-8-7-16-6-5-15-11(16)2/h3-6,9,17-18H,7-8H2,1-2H3. The zero-order valence-electron chi connectivity index (χ0n) is 11.1. The lowest BCUT2D eigenvalue weighted by molar-refractivity contribution is 0.297. The van der Waals surface area contributed by atoms with Crippen molar-refractivity contribution in [3.05, 3.63) is 42.0 Å². The van der Waals surface area contributed by atoms with Crippen molar-refractivity contribution in [2.45, 2.75) is 20.4 Å². The molecule has 0 saturated heterocycles. The summed E-state index contributed by atoms with van der Waals surface area (Å²) in [4.78, 5) is 4.14. The molecular formula is C13H17BN2O3. The molecule has 0 fully saturated rings. The summed E-state index contributed by atoms with van der Waals surface area (Å²) < 4.78 is 7.65. The third kappa shape index (κ3) is 3.36. The van der Waals surface area contributed by atoms with Crippen molar-refractivity contribution in [1.29, 1.82) is 0 Å². The van der Waals surface area contributed by atoms with Gasteiger partial charge in [0.05, 0.1) is 6.54 Å². The maximum Gasteiger partial charge on any atom is 0.488 e. The van der Waals surface area contributed by atoms with E-state index in [-0.39, 0.29) is 0 Å². The Hall–Kier alpha value is -1.79. The molecule has 0 spiro atoms. The summed E-state index contributed by atoms with van der Waals surface area (Å²) in [5, 5.41) is 18.3. The van der Waals surface area contributed by atoms with Gasteiger partial charge in [-0.25, -0.2) is 4.98 Å². The Kier molecular flexibility index (Phi) is 4.24. The zero-order chi connectivity index (χ0) is 13.8. The Morgan fingerprint density at radius 1 is 1.32 bits per heavy atom. The molecule has 0 saturated carbocycles. The second-order valence-electron chi connectivity index (χ2n) is 4.41. The Bertz CT molecular complexity index is 555. The quantitative estimate of drug-likeness (QED) is 0.757. The van der Waals surface area contributed by atoms with Crippen LogP contribution in [-0.2, 0) is 6.54 Å². The molecular weight excluding hydrogens is 243 g/mol. The molecule has 19 heavy (non-hydrogen) atoms. The van der Waals surface area contributed by atoms with E-state index in [0.717, 1.165) is 23.7 Å². The summed E-state index contributed by atoms with van der Waals surface area (Å²) in [6.07, 6.45) is 3.67. The van der Waals surface area contributed by atoms with E-state index in [9.17, 15) is 0 Å². The second kappa shape index (κ2) is 5.90. The highest BCUT2D eigenvalue weighted by atomic mass is 16.5. The van der Waals surface area contributed by atoms with Gasteiger partial charge < -0.3 is 19.4 Å². The molecule has 0 aliphatic rings. The van der Waals surface area contributed by atoms with Gasteiger partial charge in [0, 0.05) is 12.4 Å². The van der Waals surface area contributed by atoms with Gasteiger partial charge in [0.1, 0.15) is 18.2 Å². The van der Waals surface area contributed by atoms with Gasteiger partial charge in [0.2, 0.25) is 0 Å². The number of nitrogens with zero attached hydrogens (tertiary/aromatic N) is 2. The maximum atomic E-state index is 9.13. The van der Waals surface area contributed by atoms with Gasteiger partial charge in [0.15, 0.2) is 0 Å². The normalized spacial score (nSPS) is 10.5. The largest absolute Gasteiger partial charge is 0.492 e. The summed E-state index contributed by atoms with van der Waals surface area (Å²) in [5.41, 5.74) is 1.30. The molecule has 2 rings (SSSR count). The van der Waals surface area contributed by atoms with Crippen LogP contribution < -0.4 is 10.2 Å². The molecule has 100 valence electrons. The van der Waals surface area contributed by atoms with Crippen LogP contribution in [0.5, 0.6) is 5.75 Å². The molecule has 1 heterocycles. The number of benzene rings is 1. The van der Waals surface area contributed by atoms with Gasteiger partial charge in [0.25, 0.3) is 0 Å². The first kappa shape index (κ1) is 13.6. The Labute approximate surface area is 112 Å². The minimum atomic E-state index is -1.44. The maximum absolute atomic E-state index is 9.13. The monoisotopic (exact) mass is 260 g/mol. The molecule has 1 aromatic carbocycles. The van der Waals surface area contributed by atoms with Crippen molar-refractivity contribution in [3.63, 3.8) is 0 Å². The average molecular weight is 260 g/mol. The van der Waals surface area contributed by atoms with Crippen molar-refractivity contribution in [3.8, 4) is 5.75 Å². The fourth-order valence-electron chi connectivity index (χ4n) is 1.93. The molecule has 0 aliphatic heterocycles. The summed E-state index contributed by atoms with van der Waals surface area (Å²) in [6.45, 7) is 5.04. The van der Waals surface area contributed by atoms with E-state index >= 15 is 0 Å². The second-order valence-corrected chi connectivity index (χ2v) is 4.41. The fraction of sp³-hybridized carbons (Fsp3) is 0.308. The van der Waals surface area contributed by atoms with Crippen molar-refractivity contribution < 1.29 is 14.8 Å². The topological polar surface area (TPSA) is 67.5 Å². The smallest absolute Gasteiger partial charge is 0.488 e. The number of hydrogen-bond acceptors (Lipinski definition) is 4. The number of rotatable bonds is 5. The van der Waals surface area contributed by atoms with Crippen LogP contribution in [0, 0.1) is 13.8 Å². The van der Waals surface area contributed by atoms with Crippen molar-refractivity contribution in [2.75, 3.05) is 6.61 Å². The predicted molar refractivity (Wildman–Crippen MR) is 73.5 cm³/mol. The molecule has 6 heteroatoms. The lowest BCUT2D eigenvalue weighted by Gasteiger charge is -2.10. The van der Waals surface area contributed by atoms with Crippen molar-refractivity contribution in [1.82, 2.24) is 9.55 Å². The lowest BCUT2D eigenvalue weighted by Crippen LogP contribution is -2.31. The molecule has 5 nitrogen and oxygen atoms in total. The Morgan fingerprint density at radius 3 is 2.68 bits per heavy atom. The number of ether oxygens (including phenoxy) is 1. The van der Waals surface area contributed by atoms with E-state index in [1.54, 1.807) is 24.4 Å². The van der Waals surface area contributed by atoms with Gasteiger partial charge in [-0.15, -0.1) is 0 Å². The minimum Gasteiger partial charge on any atom is -0.492 e. The third-order valence-electron chi connectivity index (χ3n) is 3.04. The number of hydrogen-bond donors (Lipinski definition) is 2. The van der Waals surface area contributed by atoms with Gasteiger partial charge in [-0.3, -0.25) is 0 Å². The van der Waals surface area contributed by atoms with E-state index in [0.29, 0.717) is 12.1 Å². The highest BCUT2D eigenvalue weighted by molar-refractivity contribution is 6.59. The molecule has 0 aliphatic carbocycles. The predicted octanol–water partition coefficient (Wildman–Crippen LogP) is 0.259. The van der Waals surface area contributed by atoms with Crippen molar-refractivity contribution in [2.24, 2.45) is 0 Å². The SMILES string of the molecule is Cc1cc(OCCn2ccnc2C)ccc1B(O)O. The number of aromatic nitrogens is 2. The molecule has 0 radical (unpaired) electrons. The van der Waals surface area contributed by atoms with Crippen LogP contribution in [0.2, 0.25) is 0 Å². The van der Waals surface area contributed by atoms with Gasteiger partial charge in [-0.1, -0.05) is 6.07 Å². The highest BCUT2D eigenvalue weighted by Crippen LogP contribution is 2.11. The van der Waals surface area contributed by atoms with Crippen LogP contribution in [-0.4, -0.2) is 33.3 Å². The van der Waals surface area contributed by atoms with Crippen LogP contribution >= 0.6 is 0 Å². The third-order valence-corrected chi connectivity index (χ3v) is 3.04. The molecule has 0 bridgehead atoms. The Balaban J connectivity index is 1.93. The van der Waals surface area contributed by atoms with Crippen LogP contribution in [0.1, 0.15) is 11.4 Å². The van der Waals surface area contributed by atoms with Gasteiger partial charge >= 0.3 is 7.12 Å². The van der Waals surface area contributed by atoms with E-state index in [1.807, 2.05) is 24.6 Å². The minimum absolute atomic E-state index is 0.498. The van der Waals surface area contributed by atoms with E-state index in [2.05, 4.69) is 4.98 Å². The molecule has 1 aromatic heterocycles. The first-order chi connectivity index (χ1) is 9.08. The first-order valence-electron chi connectivity index (χ1n) is 6.15. The lowest BCUT2D eigenvalue weighted by atomic mass is 9.77. The molecule has 2 N–H and O–H groups in total. The first-order valence-corrected chi connectivity index (χ1v) is 6.15. The molecule has 0 unspecified atom stereocenters. The summed E-state index contributed by atoms with van der Waals surface area (Å²) in [6, 6.07) is 5.20. The zero-order valence-corrected chi connectivity index (χ0v) is 11.1. The van der Waals surface area contributed by atoms with Crippen LogP contribution in [0.25, 0.3) is 0 Å². The van der Waals surface area contributed by atoms with Crippen molar-refractivity contribution >= 4 is 12.6 Å². The summed E-state index contributed by atoms with van der Waals surface area (Å²) in [5.74, 6) is 1.68. The summed E-state index contributed by atoms with van der Waals surface area (Å²) >= 11 is 0. The highest BCUT2D eigenvalue weighted by Gasteiger charge is 2.13. The van der Waals surface area contributed by atoms with E-state index in [4.69, 9.17) is 14.8 Å². The van der Waals surface area contributed by atoms with E-state index in [1.165, 1.54) is 0 Å². The van der Waals surface area contributed by atoms with Gasteiger partial charge in [-0.05, 0) is 37.0 Å². The van der Waals surface area contributed by atoms with Crippen LogP contribution in [0.3, 0.4) is 0 Å². The van der Waals surface area contributed by atoms with Crippen LogP contribution in [0.4, 0.5) is 0 Å². The fourth-order valence-corrected chi connectivity index (χ4v) is 1.93. The summed E-state index contributed by atoms with van der Waals surface area (Å²) in [7, 11) is -1.44. The molecule has 0 atom stereocenters. The number of aryl methyl sites for hydroxylation is 2. The molecule has 0 amide bonds. The van der Waals surface area contributed by atoms with E-state index < -0.39 is 7.12 Å².